The molecule has 0 N–H and O–H groups in total. The number of carbonyl (C=O) groups is 1. The lowest BCUT2D eigenvalue weighted by atomic mass is 10.0. The van der Waals surface area contributed by atoms with Crippen molar-refractivity contribution in [2.24, 2.45) is 0 Å². The molecule has 192 valence electrons. The minimum absolute atomic E-state index is 0.0452. The van der Waals surface area contributed by atoms with Crippen LogP contribution in [-0.2, 0) is 22.5 Å². The molecule has 0 aliphatic carbocycles. The minimum Gasteiger partial charge on any atom is -0.460 e. The summed E-state index contributed by atoms with van der Waals surface area (Å²) in [6.45, 7) is 8.65. The summed E-state index contributed by atoms with van der Waals surface area (Å²) in [6.07, 6.45) is 1.70. The molecule has 1 aliphatic rings. The summed E-state index contributed by atoms with van der Waals surface area (Å²) in [5, 5.41) is 0. The van der Waals surface area contributed by atoms with Crippen molar-refractivity contribution in [3.63, 3.8) is 0 Å². The smallest absolute Gasteiger partial charge is 0.307 e. The quantitative estimate of drug-likeness (QED) is 0.367. The summed E-state index contributed by atoms with van der Waals surface area (Å²) in [5.41, 5.74) is 1.89. The highest BCUT2D eigenvalue weighted by Crippen LogP contribution is 2.28. The van der Waals surface area contributed by atoms with E-state index in [2.05, 4.69) is 34.1 Å². The Morgan fingerprint density at radius 3 is 2.14 bits per heavy atom. The maximum absolute atomic E-state index is 13.6. The van der Waals surface area contributed by atoms with Crippen LogP contribution in [0.4, 0.5) is 8.78 Å². The van der Waals surface area contributed by atoms with Crippen LogP contribution in [-0.4, -0.2) is 59.5 Å². The topological polar surface area (TPSA) is 32.8 Å². The van der Waals surface area contributed by atoms with Gasteiger partial charge in [0.05, 0.1) is 6.42 Å². The van der Waals surface area contributed by atoms with Gasteiger partial charge in [-0.1, -0.05) is 60.7 Å². The van der Waals surface area contributed by atoms with Gasteiger partial charge in [0, 0.05) is 45.1 Å². The van der Waals surface area contributed by atoms with E-state index >= 15 is 0 Å². The highest BCUT2D eigenvalue weighted by molar-refractivity contribution is 5.70. The van der Waals surface area contributed by atoms with Gasteiger partial charge in [0.15, 0.2) is 0 Å². The van der Waals surface area contributed by atoms with E-state index in [1.807, 2.05) is 57.2 Å². The van der Waals surface area contributed by atoms with Gasteiger partial charge in [-0.3, -0.25) is 9.69 Å². The number of hydrogen-bond acceptors (Lipinski definition) is 4. The summed E-state index contributed by atoms with van der Waals surface area (Å²) in [5.74, 6) is -2.77. The van der Waals surface area contributed by atoms with Crippen LogP contribution in [0.1, 0.15) is 57.6 Å². The summed E-state index contributed by atoms with van der Waals surface area (Å²) in [6, 6.07) is 20.6. The Kier molecular flexibility index (Phi) is 9.81. The van der Waals surface area contributed by atoms with Crippen molar-refractivity contribution in [3.8, 4) is 0 Å². The van der Waals surface area contributed by atoms with Crippen LogP contribution in [0.25, 0.3) is 0 Å². The Labute approximate surface area is 209 Å². The van der Waals surface area contributed by atoms with Crippen LogP contribution in [0.2, 0.25) is 0 Å². The molecule has 0 radical (unpaired) electrons. The van der Waals surface area contributed by atoms with E-state index in [1.54, 1.807) is 0 Å². The number of rotatable bonds is 11. The Hall–Kier alpha value is -2.31. The third-order valence-electron chi connectivity index (χ3n) is 6.46. The fourth-order valence-electron chi connectivity index (χ4n) is 4.55. The molecule has 1 saturated heterocycles. The van der Waals surface area contributed by atoms with E-state index in [4.69, 9.17) is 4.74 Å². The molecule has 2 aromatic rings. The fraction of sp³-hybridized carbons (Fsp3) is 0.552. The standard InChI is InChI=1S/C29H40F2N2O2/c1-28(2,3)35-27(34)22-26(15-18-32-20-16-29(30,31)17-21-32)33(23-25-12-8-5-9-13-25)19-14-24-10-6-4-7-11-24/h4-13,26H,14-23H2,1-3H3. The predicted molar refractivity (Wildman–Crippen MR) is 136 cm³/mol. The summed E-state index contributed by atoms with van der Waals surface area (Å²) in [4.78, 5) is 17.3. The zero-order valence-electron chi connectivity index (χ0n) is 21.4. The number of alkyl halides is 2. The van der Waals surface area contributed by atoms with Crippen molar-refractivity contribution >= 4 is 5.97 Å². The van der Waals surface area contributed by atoms with Crippen LogP contribution in [0.5, 0.6) is 0 Å². The van der Waals surface area contributed by atoms with Crippen molar-refractivity contribution in [3.05, 3.63) is 71.8 Å². The molecule has 1 aliphatic heterocycles. The summed E-state index contributed by atoms with van der Waals surface area (Å²) < 4.78 is 33.0. The van der Waals surface area contributed by atoms with Crippen molar-refractivity contribution in [2.45, 2.75) is 77.0 Å². The van der Waals surface area contributed by atoms with E-state index < -0.39 is 11.5 Å². The molecule has 3 rings (SSSR count). The molecule has 35 heavy (non-hydrogen) atoms. The molecule has 1 atom stereocenters. The van der Waals surface area contributed by atoms with Gasteiger partial charge in [0.25, 0.3) is 5.92 Å². The van der Waals surface area contributed by atoms with Crippen molar-refractivity contribution in [2.75, 3.05) is 26.2 Å². The van der Waals surface area contributed by atoms with Crippen molar-refractivity contribution in [1.29, 1.82) is 0 Å². The molecule has 1 unspecified atom stereocenters. The van der Waals surface area contributed by atoms with E-state index in [9.17, 15) is 13.6 Å². The molecule has 2 aromatic carbocycles. The number of halogens is 2. The third-order valence-corrected chi connectivity index (χ3v) is 6.46. The van der Waals surface area contributed by atoms with E-state index in [1.165, 1.54) is 11.1 Å². The highest BCUT2D eigenvalue weighted by Gasteiger charge is 2.34. The molecule has 0 aromatic heterocycles. The molecule has 4 nitrogen and oxygen atoms in total. The lowest BCUT2D eigenvalue weighted by Crippen LogP contribution is -2.44. The van der Waals surface area contributed by atoms with Gasteiger partial charge in [-0.25, -0.2) is 8.78 Å². The van der Waals surface area contributed by atoms with E-state index in [0.717, 1.165) is 25.9 Å². The summed E-state index contributed by atoms with van der Waals surface area (Å²) >= 11 is 0. The second-order valence-electron chi connectivity index (χ2n) is 10.6. The van der Waals surface area contributed by atoms with E-state index in [0.29, 0.717) is 19.6 Å². The molecular formula is C29H40F2N2O2. The molecule has 0 saturated carbocycles. The molecule has 0 bridgehead atoms. The van der Waals surface area contributed by atoms with Crippen LogP contribution in [0.15, 0.2) is 60.7 Å². The second-order valence-corrected chi connectivity index (χ2v) is 10.6. The van der Waals surface area contributed by atoms with Gasteiger partial charge in [-0.2, -0.15) is 0 Å². The van der Waals surface area contributed by atoms with Gasteiger partial charge in [0.1, 0.15) is 5.60 Å². The van der Waals surface area contributed by atoms with Gasteiger partial charge in [0.2, 0.25) is 0 Å². The molecule has 0 spiro atoms. The fourth-order valence-corrected chi connectivity index (χ4v) is 4.55. The monoisotopic (exact) mass is 486 g/mol. The number of ether oxygens (including phenoxy) is 1. The number of esters is 1. The zero-order valence-corrected chi connectivity index (χ0v) is 21.4. The van der Waals surface area contributed by atoms with E-state index in [-0.39, 0.29) is 31.3 Å². The number of nitrogens with zero attached hydrogens (tertiary/aromatic N) is 2. The first-order valence-corrected chi connectivity index (χ1v) is 12.7. The van der Waals surface area contributed by atoms with Gasteiger partial charge >= 0.3 is 5.97 Å². The van der Waals surface area contributed by atoms with Crippen LogP contribution >= 0.6 is 0 Å². The zero-order chi connectivity index (χ0) is 25.3. The normalized spacial score (nSPS) is 17.3. The first kappa shape index (κ1) is 27.3. The first-order valence-electron chi connectivity index (χ1n) is 12.7. The van der Waals surface area contributed by atoms with Crippen LogP contribution in [0.3, 0.4) is 0 Å². The molecule has 0 amide bonds. The molecule has 1 fully saturated rings. The lowest BCUT2D eigenvalue weighted by molar-refractivity contribution is -0.156. The van der Waals surface area contributed by atoms with Crippen LogP contribution < -0.4 is 0 Å². The predicted octanol–water partition coefficient (Wildman–Crippen LogP) is 5.95. The Bertz CT molecular complexity index is 890. The number of hydrogen-bond donors (Lipinski definition) is 0. The average Bonchev–Trinajstić information content (AvgIpc) is 2.80. The number of likely N-dealkylation sites (tertiary alicyclic amines) is 1. The third kappa shape index (κ3) is 10.1. The SMILES string of the molecule is CC(C)(C)OC(=O)CC(CCN1CCC(F)(F)CC1)N(CCc1ccccc1)Cc1ccccc1. The Morgan fingerprint density at radius 2 is 1.57 bits per heavy atom. The largest absolute Gasteiger partial charge is 0.460 e. The van der Waals surface area contributed by atoms with Gasteiger partial charge < -0.3 is 9.64 Å². The minimum atomic E-state index is -2.55. The first-order chi connectivity index (χ1) is 16.6. The second kappa shape index (κ2) is 12.6. The average molecular weight is 487 g/mol. The van der Waals surface area contributed by atoms with Gasteiger partial charge in [-0.05, 0) is 51.3 Å². The number of benzene rings is 2. The van der Waals surface area contributed by atoms with Crippen molar-refractivity contribution < 1.29 is 18.3 Å². The maximum atomic E-state index is 13.6. The molecule has 1 heterocycles. The van der Waals surface area contributed by atoms with Gasteiger partial charge in [-0.15, -0.1) is 0 Å². The molecule has 6 heteroatoms. The van der Waals surface area contributed by atoms with Crippen molar-refractivity contribution in [1.82, 2.24) is 9.80 Å². The Balaban J connectivity index is 1.74. The Morgan fingerprint density at radius 1 is 1.00 bits per heavy atom. The van der Waals surface area contributed by atoms with Crippen LogP contribution in [0, 0.1) is 0 Å². The number of piperidine rings is 1. The summed E-state index contributed by atoms with van der Waals surface area (Å²) in [7, 11) is 0. The number of carbonyl (C=O) groups excluding carboxylic acids is 1. The lowest BCUT2D eigenvalue weighted by Gasteiger charge is -2.36. The highest BCUT2D eigenvalue weighted by atomic mass is 19.3. The maximum Gasteiger partial charge on any atom is 0.307 e. The molecular weight excluding hydrogens is 446 g/mol.